The number of ether oxygens (including phenoxy) is 1. The number of carbonyl (C=O) groups is 1. The van der Waals surface area contributed by atoms with Crippen LogP contribution in [0.1, 0.15) is 31.7 Å². The van der Waals surface area contributed by atoms with Crippen molar-refractivity contribution in [2.45, 2.75) is 32.2 Å². The lowest BCUT2D eigenvalue weighted by Gasteiger charge is -2.20. The van der Waals surface area contributed by atoms with Crippen LogP contribution in [0, 0.1) is 5.82 Å². The van der Waals surface area contributed by atoms with Crippen molar-refractivity contribution in [1.82, 2.24) is 5.32 Å². The van der Waals surface area contributed by atoms with Crippen LogP contribution in [0.3, 0.4) is 0 Å². The molecular formula is C14H21FN2O2. The molecule has 0 radical (unpaired) electrons. The molecule has 1 unspecified atom stereocenters. The molecule has 1 rings (SSSR count). The van der Waals surface area contributed by atoms with Crippen molar-refractivity contribution < 1.29 is 13.9 Å². The zero-order valence-corrected chi connectivity index (χ0v) is 11.6. The van der Waals surface area contributed by atoms with Crippen LogP contribution in [0.25, 0.3) is 0 Å². The zero-order chi connectivity index (χ0) is 14.4. The van der Waals surface area contributed by atoms with Gasteiger partial charge in [-0.25, -0.2) is 4.39 Å². The summed E-state index contributed by atoms with van der Waals surface area (Å²) in [5, 5.41) is 2.82. The molecule has 5 heteroatoms. The number of rotatable bonds is 6. The lowest BCUT2D eigenvalue weighted by molar-refractivity contribution is -0.123. The zero-order valence-electron chi connectivity index (χ0n) is 11.6. The Morgan fingerprint density at radius 1 is 1.47 bits per heavy atom. The Morgan fingerprint density at radius 3 is 2.68 bits per heavy atom. The number of methoxy groups -OCH3 is 1. The van der Waals surface area contributed by atoms with E-state index in [0.29, 0.717) is 24.3 Å². The lowest BCUT2D eigenvalue weighted by Crippen LogP contribution is -2.35. The van der Waals surface area contributed by atoms with E-state index in [0.717, 1.165) is 0 Å². The van der Waals surface area contributed by atoms with E-state index in [2.05, 4.69) is 5.32 Å². The number of carbonyl (C=O) groups excluding carboxylic acids is 1. The van der Waals surface area contributed by atoms with Crippen LogP contribution in [0.2, 0.25) is 0 Å². The second-order valence-electron chi connectivity index (χ2n) is 4.68. The number of nitrogens with two attached hydrogens (primary N) is 1. The van der Waals surface area contributed by atoms with E-state index >= 15 is 0 Å². The van der Waals surface area contributed by atoms with Crippen molar-refractivity contribution in [2.75, 3.05) is 13.7 Å². The predicted molar refractivity (Wildman–Crippen MR) is 72.6 cm³/mol. The summed E-state index contributed by atoms with van der Waals surface area (Å²) in [7, 11) is 1.50. The first-order valence-corrected chi connectivity index (χ1v) is 6.33. The van der Waals surface area contributed by atoms with Gasteiger partial charge < -0.3 is 15.8 Å². The van der Waals surface area contributed by atoms with Crippen molar-refractivity contribution in [3.8, 4) is 5.75 Å². The van der Waals surface area contributed by atoms with Gasteiger partial charge >= 0.3 is 0 Å². The average molecular weight is 268 g/mol. The quantitative estimate of drug-likeness (QED) is 0.826. The minimum absolute atomic E-state index is 0.0207. The van der Waals surface area contributed by atoms with Gasteiger partial charge in [0, 0.05) is 11.6 Å². The summed E-state index contributed by atoms with van der Waals surface area (Å²) in [6.07, 6.45) is 0.443. The first-order chi connectivity index (χ1) is 8.99. The van der Waals surface area contributed by atoms with Gasteiger partial charge in [-0.2, -0.15) is 0 Å². The maximum atomic E-state index is 13.4. The SMILES string of the molecule is COc1ccc(F)cc1C(CCN)C(=O)NC(C)C. The molecule has 106 valence electrons. The molecule has 0 heterocycles. The van der Waals surface area contributed by atoms with E-state index in [-0.39, 0.29) is 11.9 Å². The lowest BCUT2D eigenvalue weighted by atomic mass is 9.93. The molecule has 0 bridgehead atoms. The van der Waals surface area contributed by atoms with Crippen molar-refractivity contribution in [1.29, 1.82) is 0 Å². The largest absolute Gasteiger partial charge is 0.496 e. The number of hydrogen-bond donors (Lipinski definition) is 2. The van der Waals surface area contributed by atoms with Gasteiger partial charge in [0.05, 0.1) is 13.0 Å². The minimum atomic E-state index is -0.502. The van der Waals surface area contributed by atoms with Crippen molar-refractivity contribution >= 4 is 5.91 Å². The molecule has 0 aliphatic rings. The Balaban J connectivity index is 3.10. The summed E-state index contributed by atoms with van der Waals surface area (Å²) in [5.41, 5.74) is 6.08. The molecule has 1 amide bonds. The third kappa shape index (κ3) is 4.21. The van der Waals surface area contributed by atoms with Crippen LogP contribution < -0.4 is 15.8 Å². The fourth-order valence-corrected chi connectivity index (χ4v) is 1.96. The number of hydrogen-bond acceptors (Lipinski definition) is 3. The average Bonchev–Trinajstić information content (AvgIpc) is 2.35. The molecule has 4 nitrogen and oxygen atoms in total. The second-order valence-corrected chi connectivity index (χ2v) is 4.68. The van der Waals surface area contributed by atoms with Crippen LogP contribution in [0.4, 0.5) is 4.39 Å². The summed E-state index contributed by atoms with van der Waals surface area (Å²) >= 11 is 0. The Kier molecular flexibility index (Phi) is 5.76. The topological polar surface area (TPSA) is 64.3 Å². The second kappa shape index (κ2) is 7.09. The highest BCUT2D eigenvalue weighted by Gasteiger charge is 2.24. The Labute approximate surface area is 113 Å². The monoisotopic (exact) mass is 268 g/mol. The molecule has 1 aromatic rings. The van der Waals surface area contributed by atoms with Gasteiger partial charge in [-0.1, -0.05) is 0 Å². The third-order valence-electron chi connectivity index (χ3n) is 2.77. The first kappa shape index (κ1) is 15.4. The first-order valence-electron chi connectivity index (χ1n) is 6.33. The predicted octanol–water partition coefficient (Wildman–Crippen LogP) is 1.79. The van der Waals surface area contributed by atoms with E-state index in [1.807, 2.05) is 13.8 Å². The smallest absolute Gasteiger partial charge is 0.227 e. The minimum Gasteiger partial charge on any atom is -0.496 e. The molecule has 0 aliphatic carbocycles. The highest BCUT2D eigenvalue weighted by atomic mass is 19.1. The summed E-state index contributed by atoms with van der Waals surface area (Å²) in [4.78, 5) is 12.2. The van der Waals surface area contributed by atoms with Gasteiger partial charge in [-0.15, -0.1) is 0 Å². The van der Waals surface area contributed by atoms with Crippen molar-refractivity contribution in [3.63, 3.8) is 0 Å². The van der Waals surface area contributed by atoms with Crippen LogP contribution in [-0.2, 0) is 4.79 Å². The molecule has 1 aromatic carbocycles. The number of benzene rings is 1. The van der Waals surface area contributed by atoms with Crippen molar-refractivity contribution in [2.24, 2.45) is 5.73 Å². The fourth-order valence-electron chi connectivity index (χ4n) is 1.96. The molecule has 19 heavy (non-hydrogen) atoms. The maximum absolute atomic E-state index is 13.4. The Bertz CT molecular complexity index is 435. The molecule has 0 saturated heterocycles. The standard InChI is InChI=1S/C14H21FN2O2/c1-9(2)17-14(18)11(6-7-16)12-8-10(15)4-5-13(12)19-3/h4-5,8-9,11H,6-7,16H2,1-3H3,(H,17,18). The molecule has 1 atom stereocenters. The maximum Gasteiger partial charge on any atom is 0.227 e. The van der Waals surface area contributed by atoms with E-state index in [9.17, 15) is 9.18 Å². The summed E-state index contributed by atoms with van der Waals surface area (Å²) in [6.45, 7) is 4.09. The highest BCUT2D eigenvalue weighted by molar-refractivity contribution is 5.84. The Hall–Kier alpha value is -1.62. The van der Waals surface area contributed by atoms with E-state index in [4.69, 9.17) is 10.5 Å². The highest BCUT2D eigenvalue weighted by Crippen LogP contribution is 2.29. The summed E-state index contributed by atoms with van der Waals surface area (Å²) in [5.74, 6) is -0.559. The molecule has 3 N–H and O–H groups in total. The molecule has 0 fully saturated rings. The Morgan fingerprint density at radius 2 is 2.16 bits per heavy atom. The molecule has 0 aliphatic heterocycles. The van der Waals surface area contributed by atoms with E-state index in [1.54, 1.807) is 0 Å². The van der Waals surface area contributed by atoms with Crippen molar-refractivity contribution in [3.05, 3.63) is 29.6 Å². The summed E-state index contributed by atoms with van der Waals surface area (Å²) in [6, 6.07) is 4.19. The van der Waals surface area contributed by atoms with Crippen LogP contribution in [0.15, 0.2) is 18.2 Å². The molecular weight excluding hydrogens is 247 g/mol. The normalized spacial score (nSPS) is 12.3. The number of nitrogens with one attached hydrogen (secondary N) is 1. The van der Waals surface area contributed by atoms with Crippen LogP contribution in [0.5, 0.6) is 5.75 Å². The summed E-state index contributed by atoms with van der Waals surface area (Å²) < 4.78 is 18.6. The fraction of sp³-hybridized carbons (Fsp3) is 0.500. The molecule has 0 saturated carbocycles. The third-order valence-corrected chi connectivity index (χ3v) is 2.77. The van der Waals surface area contributed by atoms with E-state index in [1.165, 1.54) is 25.3 Å². The van der Waals surface area contributed by atoms with Gasteiger partial charge in [0.15, 0.2) is 0 Å². The molecule has 0 spiro atoms. The van der Waals surface area contributed by atoms with Gasteiger partial charge in [0.25, 0.3) is 0 Å². The van der Waals surface area contributed by atoms with Crippen LogP contribution in [-0.4, -0.2) is 25.6 Å². The van der Waals surface area contributed by atoms with E-state index < -0.39 is 11.7 Å². The van der Waals surface area contributed by atoms with Crippen LogP contribution >= 0.6 is 0 Å². The molecule has 0 aromatic heterocycles. The van der Waals surface area contributed by atoms with Gasteiger partial charge in [0.1, 0.15) is 11.6 Å². The van der Waals surface area contributed by atoms with Gasteiger partial charge in [-0.05, 0) is 45.0 Å². The number of amides is 1. The van der Waals surface area contributed by atoms with Gasteiger partial charge in [0.2, 0.25) is 5.91 Å². The van der Waals surface area contributed by atoms with Gasteiger partial charge in [-0.3, -0.25) is 4.79 Å². The number of halogens is 1.